The highest BCUT2D eigenvalue weighted by atomic mass is 16.1. The van der Waals surface area contributed by atoms with Crippen LogP contribution in [0.3, 0.4) is 0 Å². The van der Waals surface area contributed by atoms with Gasteiger partial charge < -0.3 is 10.6 Å². The van der Waals surface area contributed by atoms with Gasteiger partial charge >= 0.3 is 0 Å². The molecule has 2 atom stereocenters. The molecule has 1 aliphatic heterocycles. The van der Waals surface area contributed by atoms with E-state index in [1.54, 1.807) is 6.92 Å². The van der Waals surface area contributed by atoms with Gasteiger partial charge in [-0.25, -0.2) is 0 Å². The maximum Gasteiger partial charge on any atom is 0.216 e. The van der Waals surface area contributed by atoms with Gasteiger partial charge in [-0.05, 0) is 37.6 Å². The Kier molecular flexibility index (Phi) is 6.30. The van der Waals surface area contributed by atoms with E-state index in [1.165, 1.54) is 45.2 Å². The summed E-state index contributed by atoms with van der Waals surface area (Å²) in [5, 5.41) is 6.70. The van der Waals surface area contributed by atoms with Crippen molar-refractivity contribution in [3.05, 3.63) is 0 Å². The van der Waals surface area contributed by atoms with Crippen LogP contribution in [0.4, 0.5) is 0 Å². The van der Waals surface area contributed by atoms with Gasteiger partial charge in [0.2, 0.25) is 5.91 Å². The number of rotatable bonds is 7. The minimum atomic E-state index is 0.0775. The number of carbonyl (C=O) groups excluding carboxylic acids is 1. The smallest absolute Gasteiger partial charge is 0.216 e. The maximum absolute atomic E-state index is 10.9. The van der Waals surface area contributed by atoms with Gasteiger partial charge in [-0.3, -0.25) is 9.69 Å². The molecule has 0 radical (unpaired) electrons. The van der Waals surface area contributed by atoms with Crippen molar-refractivity contribution >= 4 is 5.91 Å². The van der Waals surface area contributed by atoms with Gasteiger partial charge in [0.05, 0.1) is 0 Å². The fourth-order valence-electron chi connectivity index (χ4n) is 3.35. The molecule has 2 aliphatic rings. The zero-order valence-electron chi connectivity index (χ0n) is 13.2. The summed E-state index contributed by atoms with van der Waals surface area (Å²) in [5.41, 5.74) is 0. The number of likely N-dealkylation sites (tertiary alicyclic amines) is 1. The molecule has 1 aliphatic carbocycles. The van der Waals surface area contributed by atoms with E-state index in [2.05, 4.69) is 22.5 Å². The van der Waals surface area contributed by atoms with Crippen LogP contribution in [-0.4, -0.2) is 49.6 Å². The van der Waals surface area contributed by atoms with Crippen LogP contribution < -0.4 is 10.6 Å². The fourth-order valence-corrected chi connectivity index (χ4v) is 3.35. The summed E-state index contributed by atoms with van der Waals surface area (Å²) in [5.74, 6) is 1.82. The van der Waals surface area contributed by atoms with Crippen LogP contribution in [0.5, 0.6) is 0 Å². The molecule has 1 heterocycles. The van der Waals surface area contributed by atoms with E-state index in [4.69, 9.17) is 0 Å². The van der Waals surface area contributed by atoms with E-state index in [1.807, 2.05) is 0 Å². The molecule has 2 fully saturated rings. The SMILES string of the molecule is CCC1CC(NCC2CCC2)CN(CCNC(C)=O)C1. The number of amides is 1. The number of nitrogens with one attached hydrogen (secondary N) is 2. The van der Waals surface area contributed by atoms with Gasteiger partial charge in [0.15, 0.2) is 0 Å². The van der Waals surface area contributed by atoms with Crippen molar-refractivity contribution in [2.24, 2.45) is 11.8 Å². The lowest BCUT2D eigenvalue weighted by Crippen LogP contribution is -2.51. The van der Waals surface area contributed by atoms with Crippen molar-refractivity contribution in [1.29, 1.82) is 0 Å². The predicted octanol–water partition coefficient (Wildman–Crippen LogP) is 1.61. The normalized spacial score (nSPS) is 28.1. The number of piperidine rings is 1. The Balaban J connectivity index is 1.71. The van der Waals surface area contributed by atoms with Crippen molar-refractivity contribution in [2.75, 3.05) is 32.7 Å². The molecule has 2 N–H and O–H groups in total. The van der Waals surface area contributed by atoms with E-state index in [-0.39, 0.29) is 5.91 Å². The lowest BCUT2D eigenvalue weighted by molar-refractivity contribution is -0.119. The lowest BCUT2D eigenvalue weighted by atomic mass is 9.85. The summed E-state index contributed by atoms with van der Waals surface area (Å²) in [6.45, 7) is 9.19. The standard InChI is InChI=1S/C16H31N3O/c1-3-14-9-16(18-10-15-5-4-6-15)12-19(11-14)8-7-17-13(2)20/h14-16,18H,3-12H2,1-2H3,(H,17,20). The third-order valence-corrected chi connectivity index (χ3v) is 4.91. The molecule has 2 rings (SSSR count). The van der Waals surface area contributed by atoms with E-state index in [0.717, 1.165) is 31.5 Å². The summed E-state index contributed by atoms with van der Waals surface area (Å²) in [4.78, 5) is 13.5. The predicted molar refractivity (Wildman–Crippen MR) is 82.7 cm³/mol. The van der Waals surface area contributed by atoms with Crippen molar-refractivity contribution in [2.45, 2.75) is 52.0 Å². The van der Waals surface area contributed by atoms with Crippen molar-refractivity contribution in [1.82, 2.24) is 15.5 Å². The van der Waals surface area contributed by atoms with E-state index >= 15 is 0 Å². The molecule has 4 heteroatoms. The Labute approximate surface area is 123 Å². The summed E-state index contributed by atoms with van der Waals surface area (Å²) in [6, 6.07) is 0.645. The van der Waals surface area contributed by atoms with Gasteiger partial charge in [-0.2, -0.15) is 0 Å². The molecule has 0 aromatic rings. The van der Waals surface area contributed by atoms with E-state index in [0.29, 0.717) is 6.04 Å². The summed E-state index contributed by atoms with van der Waals surface area (Å²) in [7, 11) is 0. The van der Waals surface area contributed by atoms with Crippen LogP contribution >= 0.6 is 0 Å². The minimum Gasteiger partial charge on any atom is -0.355 e. The second-order valence-corrected chi connectivity index (χ2v) is 6.65. The zero-order valence-corrected chi connectivity index (χ0v) is 13.2. The Morgan fingerprint density at radius 1 is 1.25 bits per heavy atom. The molecule has 20 heavy (non-hydrogen) atoms. The van der Waals surface area contributed by atoms with Gasteiger partial charge in [-0.15, -0.1) is 0 Å². The first-order valence-corrected chi connectivity index (χ1v) is 8.37. The molecule has 0 aromatic carbocycles. The first-order valence-electron chi connectivity index (χ1n) is 8.37. The number of hydrogen-bond donors (Lipinski definition) is 2. The number of hydrogen-bond acceptors (Lipinski definition) is 3. The number of carbonyl (C=O) groups is 1. The third-order valence-electron chi connectivity index (χ3n) is 4.91. The lowest BCUT2D eigenvalue weighted by Gasteiger charge is -2.39. The monoisotopic (exact) mass is 281 g/mol. The van der Waals surface area contributed by atoms with Crippen molar-refractivity contribution in [3.8, 4) is 0 Å². The topological polar surface area (TPSA) is 44.4 Å². The van der Waals surface area contributed by atoms with Gasteiger partial charge in [0.1, 0.15) is 0 Å². The largest absolute Gasteiger partial charge is 0.355 e. The fraction of sp³-hybridized carbons (Fsp3) is 0.938. The average molecular weight is 281 g/mol. The first-order chi connectivity index (χ1) is 9.67. The number of nitrogens with zero attached hydrogens (tertiary/aromatic N) is 1. The summed E-state index contributed by atoms with van der Waals surface area (Å²) < 4.78 is 0. The van der Waals surface area contributed by atoms with Crippen molar-refractivity contribution < 1.29 is 4.79 Å². The highest BCUT2D eigenvalue weighted by molar-refractivity contribution is 5.72. The van der Waals surface area contributed by atoms with E-state index in [9.17, 15) is 4.79 Å². The Morgan fingerprint density at radius 2 is 2.05 bits per heavy atom. The highest BCUT2D eigenvalue weighted by Crippen LogP contribution is 2.26. The van der Waals surface area contributed by atoms with Crippen LogP contribution in [0.15, 0.2) is 0 Å². The molecule has 116 valence electrons. The van der Waals surface area contributed by atoms with Gasteiger partial charge in [0, 0.05) is 39.1 Å². The Morgan fingerprint density at radius 3 is 2.65 bits per heavy atom. The molecule has 1 saturated carbocycles. The first kappa shape index (κ1) is 15.8. The van der Waals surface area contributed by atoms with Crippen LogP contribution in [0.25, 0.3) is 0 Å². The minimum absolute atomic E-state index is 0.0775. The van der Waals surface area contributed by atoms with Gasteiger partial charge in [-0.1, -0.05) is 19.8 Å². The molecule has 4 nitrogen and oxygen atoms in total. The van der Waals surface area contributed by atoms with Gasteiger partial charge in [0.25, 0.3) is 0 Å². The van der Waals surface area contributed by atoms with Crippen molar-refractivity contribution in [3.63, 3.8) is 0 Å². The molecule has 1 amide bonds. The van der Waals surface area contributed by atoms with Crippen LogP contribution in [0.1, 0.15) is 46.0 Å². The quantitative estimate of drug-likeness (QED) is 0.745. The molecule has 1 saturated heterocycles. The molecule has 0 spiro atoms. The summed E-state index contributed by atoms with van der Waals surface area (Å²) >= 11 is 0. The van der Waals surface area contributed by atoms with E-state index < -0.39 is 0 Å². The molecule has 2 unspecified atom stereocenters. The average Bonchev–Trinajstić information content (AvgIpc) is 2.36. The maximum atomic E-state index is 10.9. The third kappa shape index (κ3) is 5.06. The van der Waals surface area contributed by atoms with Crippen LogP contribution in [0.2, 0.25) is 0 Å². The molecule has 0 bridgehead atoms. The summed E-state index contributed by atoms with van der Waals surface area (Å²) in [6.07, 6.45) is 6.85. The second kappa shape index (κ2) is 7.99. The Hall–Kier alpha value is -0.610. The second-order valence-electron chi connectivity index (χ2n) is 6.65. The van der Waals surface area contributed by atoms with Crippen LogP contribution in [-0.2, 0) is 4.79 Å². The molecule has 0 aromatic heterocycles. The molecular formula is C16H31N3O. The zero-order chi connectivity index (χ0) is 14.4. The highest BCUT2D eigenvalue weighted by Gasteiger charge is 2.27. The Bertz CT molecular complexity index is 304. The molecular weight excluding hydrogens is 250 g/mol. The van der Waals surface area contributed by atoms with Crippen LogP contribution in [0, 0.1) is 11.8 Å².